The number of fused-ring (bicyclic) bond motifs is 1. The van der Waals surface area contributed by atoms with E-state index in [1.807, 2.05) is 31.2 Å². The fourth-order valence-corrected chi connectivity index (χ4v) is 2.32. The van der Waals surface area contributed by atoms with Crippen molar-refractivity contribution in [1.82, 2.24) is 15.0 Å². The van der Waals surface area contributed by atoms with Gasteiger partial charge in [-0.25, -0.2) is 28.1 Å². The monoisotopic (exact) mass is 332 g/mol. The zero-order valence-corrected chi connectivity index (χ0v) is 12.9. The van der Waals surface area contributed by atoms with Crippen LogP contribution in [0.2, 0.25) is 0 Å². The molecule has 124 valence electrons. The molecule has 1 aromatic carbocycles. The lowest BCUT2D eigenvalue weighted by Crippen LogP contribution is -2.10. The Morgan fingerprint density at radius 1 is 1.12 bits per heavy atom. The fraction of sp³-hybridized carbons (Fsp3) is 0.235. The van der Waals surface area contributed by atoms with Gasteiger partial charge in [0, 0.05) is 6.54 Å². The summed E-state index contributed by atoms with van der Waals surface area (Å²) in [7, 11) is 0. The van der Waals surface area contributed by atoms with Crippen LogP contribution >= 0.6 is 0 Å². The van der Waals surface area contributed by atoms with Gasteiger partial charge in [-0.05, 0) is 25.0 Å². The third-order valence-corrected chi connectivity index (χ3v) is 3.56. The second kappa shape index (κ2) is 6.82. The summed E-state index contributed by atoms with van der Waals surface area (Å²) >= 11 is 0. The van der Waals surface area contributed by atoms with Gasteiger partial charge in [0.15, 0.2) is 11.5 Å². The summed E-state index contributed by atoms with van der Waals surface area (Å²) < 4.78 is 39.3. The first kappa shape index (κ1) is 16.2. The largest absolute Gasteiger partial charge is 0.369 e. The van der Waals surface area contributed by atoms with Crippen LogP contribution in [0, 0.1) is 12.7 Å². The Morgan fingerprint density at radius 3 is 2.58 bits per heavy atom. The van der Waals surface area contributed by atoms with Crippen molar-refractivity contribution in [3.8, 4) is 0 Å². The van der Waals surface area contributed by atoms with Gasteiger partial charge in [0.05, 0.1) is 11.6 Å². The van der Waals surface area contributed by atoms with Gasteiger partial charge >= 0.3 is 0 Å². The first-order valence-corrected chi connectivity index (χ1v) is 7.43. The number of anilines is 1. The molecule has 2 heterocycles. The van der Waals surface area contributed by atoms with Crippen molar-refractivity contribution in [2.45, 2.75) is 19.8 Å². The number of nitrogens with zero attached hydrogens (tertiary/aromatic N) is 3. The van der Waals surface area contributed by atoms with Gasteiger partial charge in [-0.15, -0.1) is 0 Å². The van der Waals surface area contributed by atoms with Gasteiger partial charge in [0.2, 0.25) is 0 Å². The molecule has 0 aliphatic rings. The molecule has 0 bridgehead atoms. The second-order valence-corrected chi connectivity index (χ2v) is 5.42. The molecule has 7 heteroatoms. The van der Waals surface area contributed by atoms with Crippen molar-refractivity contribution in [3.63, 3.8) is 0 Å². The number of benzene rings is 1. The predicted octanol–water partition coefficient (Wildman–Crippen LogP) is 4.06. The molecule has 0 amide bonds. The topological polar surface area (TPSA) is 50.7 Å². The minimum Gasteiger partial charge on any atom is -0.369 e. The molecule has 0 spiro atoms. The molecule has 24 heavy (non-hydrogen) atoms. The Balaban J connectivity index is 1.84. The van der Waals surface area contributed by atoms with Crippen molar-refractivity contribution >= 4 is 16.9 Å². The molecule has 0 saturated carbocycles. The van der Waals surface area contributed by atoms with E-state index in [1.165, 1.54) is 6.07 Å². The molecule has 2 aromatic heterocycles. The van der Waals surface area contributed by atoms with Crippen LogP contribution in [0.5, 0.6) is 0 Å². The van der Waals surface area contributed by atoms with Crippen LogP contribution in [0.25, 0.3) is 11.0 Å². The van der Waals surface area contributed by atoms with Crippen LogP contribution in [-0.4, -0.2) is 21.5 Å². The highest BCUT2D eigenvalue weighted by molar-refractivity contribution is 5.86. The average molecular weight is 332 g/mol. The van der Waals surface area contributed by atoms with Crippen LogP contribution in [0.1, 0.15) is 23.4 Å². The number of alkyl halides is 2. The maximum atomic E-state index is 13.4. The number of aromatic nitrogens is 3. The van der Waals surface area contributed by atoms with Crippen LogP contribution in [0.4, 0.5) is 19.0 Å². The zero-order valence-electron chi connectivity index (χ0n) is 12.9. The molecule has 0 saturated heterocycles. The van der Waals surface area contributed by atoms with E-state index in [0.29, 0.717) is 13.0 Å². The molecular formula is C17H15F3N4. The summed E-state index contributed by atoms with van der Waals surface area (Å²) in [5, 5.41) is 3.26. The SMILES string of the molecule is Cc1ccc(CCNc2nc(C(F)F)nc3ncc(F)cc23)cc1. The maximum Gasteiger partial charge on any atom is 0.297 e. The Kier molecular flexibility index (Phi) is 4.59. The molecule has 0 aliphatic heterocycles. The van der Waals surface area contributed by atoms with Gasteiger partial charge in [-0.2, -0.15) is 0 Å². The number of nitrogens with one attached hydrogen (secondary N) is 1. The molecule has 1 N–H and O–H groups in total. The number of hydrogen-bond donors (Lipinski definition) is 1. The number of pyridine rings is 1. The molecule has 3 aromatic rings. The van der Waals surface area contributed by atoms with Gasteiger partial charge in [-0.3, -0.25) is 0 Å². The third-order valence-electron chi connectivity index (χ3n) is 3.56. The smallest absolute Gasteiger partial charge is 0.297 e. The van der Waals surface area contributed by atoms with Crippen LogP contribution < -0.4 is 5.32 Å². The van der Waals surface area contributed by atoms with E-state index < -0.39 is 18.1 Å². The highest BCUT2D eigenvalue weighted by Gasteiger charge is 2.16. The van der Waals surface area contributed by atoms with Crippen molar-refractivity contribution in [3.05, 3.63) is 59.3 Å². The van der Waals surface area contributed by atoms with E-state index in [9.17, 15) is 13.2 Å². The summed E-state index contributed by atoms with van der Waals surface area (Å²) in [6, 6.07) is 9.20. The predicted molar refractivity (Wildman–Crippen MR) is 85.6 cm³/mol. The number of hydrogen-bond acceptors (Lipinski definition) is 4. The van der Waals surface area contributed by atoms with Crippen LogP contribution in [-0.2, 0) is 6.42 Å². The summed E-state index contributed by atoms with van der Waals surface area (Å²) in [5.74, 6) is -1.04. The van der Waals surface area contributed by atoms with Gasteiger partial charge in [0.1, 0.15) is 11.6 Å². The van der Waals surface area contributed by atoms with Crippen molar-refractivity contribution in [2.75, 3.05) is 11.9 Å². The first-order chi connectivity index (χ1) is 11.5. The lowest BCUT2D eigenvalue weighted by molar-refractivity contribution is 0.141. The minimum atomic E-state index is -2.82. The normalized spacial score (nSPS) is 11.2. The first-order valence-electron chi connectivity index (χ1n) is 7.43. The molecule has 0 aliphatic carbocycles. The number of aryl methyl sites for hydroxylation is 1. The van der Waals surface area contributed by atoms with Crippen LogP contribution in [0.15, 0.2) is 36.5 Å². The highest BCUT2D eigenvalue weighted by atomic mass is 19.3. The van der Waals surface area contributed by atoms with Gasteiger partial charge in [0.25, 0.3) is 6.43 Å². The zero-order chi connectivity index (χ0) is 17.1. The van der Waals surface area contributed by atoms with Crippen molar-refractivity contribution in [2.24, 2.45) is 0 Å². The quantitative estimate of drug-likeness (QED) is 0.765. The van der Waals surface area contributed by atoms with E-state index in [4.69, 9.17) is 0 Å². The molecule has 0 fully saturated rings. The fourth-order valence-electron chi connectivity index (χ4n) is 2.32. The third kappa shape index (κ3) is 3.61. The Labute approximate surface area is 136 Å². The number of halogens is 3. The highest BCUT2D eigenvalue weighted by Crippen LogP contribution is 2.24. The van der Waals surface area contributed by atoms with Crippen molar-refractivity contribution in [1.29, 1.82) is 0 Å². The Morgan fingerprint density at radius 2 is 1.88 bits per heavy atom. The maximum absolute atomic E-state index is 13.4. The van der Waals surface area contributed by atoms with E-state index in [-0.39, 0.29) is 16.9 Å². The Bertz CT molecular complexity index is 850. The summed E-state index contributed by atoms with van der Waals surface area (Å²) in [6.45, 7) is 2.47. The second-order valence-electron chi connectivity index (χ2n) is 5.42. The molecule has 0 unspecified atom stereocenters. The number of rotatable bonds is 5. The lowest BCUT2D eigenvalue weighted by Gasteiger charge is -2.10. The summed E-state index contributed by atoms with van der Waals surface area (Å²) in [6.07, 6.45) is -1.20. The average Bonchev–Trinajstić information content (AvgIpc) is 2.56. The Hall–Kier alpha value is -2.70. The van der Waals surface area contributed by atoms with Gasteiger partial charge in [-0.1, -0.05) is 29.8 Å². The summed E-state index contributed by atoms with van der Waals surface area (Å²) in [5.41, 5.74) is 2.31. The van der Waals surface area contributed by atoms with Gasteiger partial charge < -0.3 is 5.32 Å². The molecule has 0 atom stereocenters. The molecule has 4 nitrogen and oxygen atoms in total. The standard InChI is InChI=1S/C17H15F3N4/c1-10-2-4-11(5-3-10)6-7-21-15-13-8-12(18)9-22-16(13)24-17(23-15)14(19)20/h2-5,8-9,14H,6-7H2,1H3,(H,21,22,23,24). The minimum absolute atomic E-state index is 0.0412. The molecular weight excluding hydrogens is 317 g/mol. The van der Waals surface area contributed by atoms with Crippen molar-refractivity contribution < 1.29 is 13.2 Å². The molecule has 0 radical (unpaired) electrons. The van der Waals surface area contributed by atoms with E-state index in [1.54, 1.807) is 0 Å². The molecule has 3 rings (SSSR count). The lowest BCUT2D eigenvalue weighted by atomic mass is 10.1. The van der Waals surface area contributed by atoms with E-state index >= 15 is 0 Å². The van der Waals surface area contributed by atoms with E-state index in [2.05, 4.69) is 20.3 Å². The van der Waals surface area contributed by atoms with E-state index in [0.717, 1.165) is 17.3 Å². The summed E-state index contributed by atoms with van der Waals surface area (Å²) in [4.78, 5) is 11.2. The van der Waals surface area contributed by atoms with Crippen LogP contribution in [0.3, 0.4) is 0 Å².